The Balaban J connectivity index is 1.45. The predicted molar refractivity (Wildman–Crippen MR) is 153 cm³/mol. The Bertz CT molecular complexity index is 1440. The Kier molecular flexibility index (Phi) is 8.13. The van der Waals surface area contributed by atoms with Gasteiger partial charge < -0.3 is 24.9 Å². The van der Waals surface area contributed by atoms with Gasteiger partial charge in [-0.1, -0.05) is 36.4 Å². The topological polar surface area (TPSA) is 117 Å². The lowest BCUT2D eigenvalue weighted by molar-refractivity contribution is -0.129. The largest absolute Gasteiger partial charge is 0.497 e. The summed E-state index contributed by atoms with van der Waals surface area (Å²) in [5.41, 5.74) is 3.30. The van der Waals surface area contributed by atoms with E-state index in [1.807, 2.05) is 48.5 Å². The van der Waals surface area contributed by atoms with Crippen LogP contribution in [0.4, 0.5) is 4.79 Å². The quantitative estimate of drug-likeness (QED) is 0.172. The Labute approximate surface area is 239 Å². The first-order chi connectivity index (χ1) is 19.0. The number of hydrogen-bond donors (Lipinski definition) is 3. The first-order valence-corrected chi connectivity index (χ1v) is 13.5. The summed E-state index contributed by atoms with van der Waals surface area (Å²) in [6, 6.07) is 20.4. The molecule has 200 valence electrons. The molecule has 0 bridgehead atoms. The molecule has 10 heteroatoms. The number of ether oxygens (including phenoxy) is 2. The number of rotatable bonds is 10. The van der Waals surface area contributed by atoms with Gasteiger partial charge in [0, 0.05) is 9.99 Å². The van der Waals surface area contributed by atoms with Gasteiger partial charge in [-0.15, -0.1) is 0 Å². The molecular weight excluding hydrogens is 611 g/mol. The Hall–Kier alpha value is -3.90. The SMILES string of the molecule is COc1ccc(C[C@H](c2ncc(-c3ccc(I)cc3)[nH]2)N2C(=O)N[C@@H](c3ccc(OCCO)cc3)C2=O)cc1. The number of imidazole rings is 1. The number of aromatic nitrogens is 2. The van der Waals surface area contributed by atoms with Crippen molar-refractivity contribution in [2.45, 2.75) is 18.5 Å². The number of amides is 3. The number of benzene rings is 3. The number of halogens is 1. The molecular formula is C29H27IN4O5. The predicted octanol–water partition coefficient (Wildman–Crippen LogP) is 4.64. The third-order valence-corrected chi connectivity index (χ3v) is 7.23. The number of methoxy groups -OCH3 is 1. The van der Waals surface area contributed by atoms with Gasteiger partial charge in [-0.25, -0.2) is 9.78 Å². The van der Waals surface area contributed by atoms with Gasteiger partial charge in [-0.05, 0) is 75.7 Å². The monoisotopic (exact) mass is 638 g/mol. The van der Waals surface area contributed by atoms with Crippen LogP contribution in [0.5, 0.6) is 11.5 Å². The van der Waals surface area contributed by atoms with Gasteiger partial charge in [0.25, 0.3) is 5.91 Å². The van der Waals surface area contributed by atoms with E-state index in [0.717, 1.165) is 26.1 Å². The minimum Gasteiger partial charge on any atom is -0.497 e. The van der Waals surface area contributed by atoms with Crippen molar-refractivity contribution in [1.29, 1.82) is 0 Å². The Morgan fingerprint density at radius 1 is 1.00 bits per heavy atom. The van der Waals surface area contributed by atoms with Crippen molar-refractivity contribution in [2.75, 3.05) is 20.3 Å². The number of aliphatic hydroxyl groups excluding tert-OH is 1. The lowest BCUT2D eigenvalue weighted by Gasteiger charge is -2.24. The zero-order chi connectivity index (χ0) is 27.4. The summed E-state index contributed by atoms with van der Waals surface area (Å²) in [6.07, 6.45) is 2.09. The highest BCUT2D eigenvalue weighted by atomic mass is 127. The first kappa shape index (κ1) is 26.7. The van der Waals surface area contributed by atoms with E-state index in [1.165, 1.54) is 4.90 Å². The highest BCUT2D eigenvalue weighted by Gasteiger charge is 2.44. The van der Waals surface area contributed by atoms with Crippen molar-refractivity contribution < 1.29 is 24.2 Å². The van der Waals surface area contributed by atoms with Crippen LogP contribution >= 0.6 is 22.6 Å². The highest BCUT2D eigenvalue weighted by Crippen LogP contribution is 2.33. The summed E-state index contributed by atoms with van der Waals surface area (Å²) >= 11 is 2.25. The fourth-order valence-corrected chi connectivity index (χ4v) is 4.87. The molecule has 1 aliphatic heterocycles. The van der Waals surface area contributed by atoms with Gasteiger partial charge in [0.15, 0.2) is 0 Å². The van der Waals surface area contributed by atoms with Crippen LogP contribution in [-0.2, 0) is 11.2 Å². The molecule has 3 amide bonds. The van der Waals surface area contributed by atoms with Crippen molar-refractivity contribution in [3.05, 3.63) is 99.5 Å². The molecule has 2 heterocycles. The average Bonchev–Trinajstić information content (AvgIpc) is 3.56. The zero-order valence-corrected chi connectivity index (χ0v) is 23.3. The van der Waals surface area contributed by atoms with E-state index in [1.54, 1.807) is 37.6 Å². The van der Waals surface area contributed by atoms with Crippen LogP contribution in [0, 0.1) is 3.57 Å². The van der Waals surface area contributed by atoms with Gasteiger partial charge in [0.2, 0.25) is 0 Å². The van der Waals surface area contributed by atoms with E-state index >= 15 is 0 Å². The number of urea groups is 1. The van der Waals surface area contributed by atoms with E-state index in [-0.39, 0.29) is 19.1 Å². The maximum Gasteiger partial charge on any atom is 0.325 e. The summed E-state index contributed by atoms with van der Waals surface area (Å²) in [7, 11) is 1.60. The van der Waals surface area contributed by atoms with Crippen molar-refractivity contribution in [1.82, 2.24) is 20.2 Å². The number of nitrogens with zero attached hydrogens (tertiary/aromatic N) is 2. The van der Waals surface area contributed by atoms with Crippen LogP contribution in [-0.4, -0.2) is 52.2 Å². The minimum absolute atomic E-state index is 0.0957. The van der Waals surface area contributed by atoms with Crippen LogP contribution < -0.4 is 14.8 Å². The molecule has 3 aromatic carbocycles. The smallest absolute Gasteiger partial charge is 0.325 e. The molecule has 9 nitrogen and oxygen atoms in total. The van der Waals surface area contributed by atoms with Crippen molar-refractivity contribution in [3.8, 4) is 22.8 Å². The third kappa shape index (κ3) is 5.91. The van der Waals surface area contributed by atoms with E-state index < -0.39 is 18.1 Å². The van der Waals surface area contributed by atoms with E-state index in [4.69, 9.17) is 14.6 Å². The van der Waals surface area contributed by atoms with Crippen LogP contribution in [0.3, 0.4) is 0 Å². The number of carbonyl (C=O) groups is 2. The van der Waals surface area contributed by atoms with Crippen LogP contribution in [0.1, 0.15) is 29.0 Å². The molecule has 1 aliphatic rings. The molecule has 3 N–H and O–H groups in total. The second-order valence-corrected chi connectivity index (χ2v) is 10.2. The normalized spacial score (nSPS) is 15.8. The molecule has 0 aliphatic carbocycles. The molecule has 5 rings (SSSR count). The first-order valence-electron chi connectivity index (χ1n) is 12.4. The molecule has 1 saturated heterocycles. The fourth-order valence-electron chi connectivity index (χ4n) is 4.51. The molecule has 0 unspecified atom stereocenters. The molecule has 0 spiro atoms. The van der Waals surface area contributed by atoms with Gasteiger partial charge in [-0.3, -0.25) is 9.69 Å². The molecule has 0 saturated carbocycles. The molecule has 39 heavy (non-hydrogen) atoms. The van der Waals surface area contributed by atoms with Gasteiger partial charge in [0.05, 0.1) is 25.6 Å². The lowest BCUT2D eigenvalue weighted by Crippen LogP contribution is -2.36. The van der Waals surface area contributed by atoms with Crippen molar-refractivity contribution >= 4 is 34.5 Å². The number of imide groups is 1. The zero-order valence-electron chi connectivity index (χ0n) is 21.1. The van der Waals surface area contributed by atoms with Crippen LogP contribution in [0.15, 0.2) is 79.0 Å². The second kappa shape index (κ2) is 11.9. The van der Waals surface area contributed by atoms with E-state index in [2.05, 4.69) is 37.9 Å². The molecule has 2 atom stereocenters. The van der Waals surface area contributed by atoms with E-state index in [9.17, 15) is 9.59 Å². The van der Waals surface area contributed by atoms with Crippen LogP contribution in [0.2, 0.25) is 0 Å². The molecule has 1 fully saturated rings. The lowest BCUT2D eigenvalue weighted by atomic mass is 10.0. The Morgan fingerprint density at radius 2 is 1.69 bits per heavy atom. The summed E-state index contributed by atoms with van der Waals surface area (Å²) in [5.74, 6) is 1.43. The number of hydrogen-bond acceptors (Lipinski definition) is 6. The number of aromatic amines is 1. The number of carbonyl (C=O) groups excluding carboxylic acids is 2. The summed E-state index contributed by atoms with van der Waals surface area (Å²) in [5, 5.41) is 11.8. The van der Waals surface area contributed by atoms with Crippen LogP contribution in [0.25, 0.3) is 11.3 Å². The minimum atomic E-state index is -0.839. The van der Waals surface area contributed by atoms with E-state index in [0.29, 0.717) is 23.6 Å². The highest BCUT2D eigenvalue weighted by molar-refractivity contribution is 14.1. The molecule has 1 aromatic heterocycles. The fraction of sp³-hybridized carbons (Fsp3) is 0.207. The molecule has 0 radical (unpaired) electrons. The maximum absolute atomic E-state index is 13.7. The van der Waals surface area contributed by atoms with Gasteiger partial charge >= 0.3 is 6.03 Å². The van der Waals surface area contributed by atoms with Crippen molar-refractivity contribution in [3.63, 3.8) is 0 Å². The summed E-state index contributed by atoms with van der Waals surface area (Å²) < 4.78 is 11.8. The second-order valence-electron chi connectivity index (χ2n) is 8.99. The standard InChI is InChI=1S/C29H27IN4O5/c1-38-22-10-2-18(3-11-22)16-25(27-31-17-24(32-27)19-4-8-21(30)9-5-19)34-28(36)26(33-29(34)37)20-6-12-23(13-7-20)39-15-14-35/h2-13,17,25-26,35H,14-16H2,1H3,(H,31,32)(H,33,37)/t25-,26+/m1/s1. The average molecular weight is 638 g/mol. The van der Waals surface area contributed by atoms with Gasteiger partial charge in [0.1, 0.15) is 36.0 Å². The van der Waals surface area contributed by atoms with Gasteiger partial charge in [-0.2, -0.15) is 0 Å². The summed E-state index contributed by atoms with van der Waals surface area (Å²) in [4.78, 5) is 36.2. The number of aliphatic hydroxyl groups is 1. The molecule has 4 aromatic rings. The number of nitrogens with one attached hydrogen (secondary N) is 2. The van der Waals surface area contributed by atoms with Crippen molar-refractivity contribution in [2.24, 2.45) is 0 Å². The third-order valence-electron chi connectivity index (χ3n) is 6.51. The maximum atomic E-state index is 13.7. The summed E-state index contributed by atoms with van der Waals surface area (Å²) in [6.45, 7) is 0.0775. The number of H-pyrrole nitrogens is 1. The Morgan fingerprint density at radius 3 is 2.36 bits per heavy atom.